The Morgan fingerprint density at radius 3 is 2.34 bits per heavy atom. The quantitative estimate of drug-likeness (QED) is 0.587. The molecule has 1 aromatic carbocycles. The molecule has 0 spiro atoms. The average Bonchev–Trinajstić information content (AvgIpc) is 3.37. The molecular formula is C25H30F2N6OS. The fourth-order valence-corrected chi connectivity index (χ4v) is 6.20. The van der Waals surface area contributed by atoms with Crippen LogP contribution in [-0.4, -0.2) is 76.8 Å². The number of carbonyl (C=O) groups excluding carboxylic acids is 1. The van der Waals surface area contributed by atoms with Crippen LogP contribution in [0.5, 0.6) is 0 Å². The summed E-state index contributed by atoms with van der Waals surface area (Å²) in [7, 11) is 0. The molecule has 5 rings (SSSR count). The second kappa shape index (κ2) is 9.88. The first kappa shape index (κ1) is 24.2. The number of nitriles is 1. The molecule has 3 aliphatic rings. The van der Waals surface area contributed by atoms with E-state index in [2.05, 4.69) is 19.7 Å². The average molecular weight is 501 g/mol. The zero-order chi connectivity index (χ0) is 24.6. The van der Waals surface area contributed by atoms with Gasteiger partial charge in [-0.3, -0.25) is 9.78 Å². The van der Waals surface area contributed by atoms with Crippen LogP contribution in [0.4, 0.5) is 14.5 Å². The largest absolute Gasteiger partial charge is 0.370 e. The van der Waals surface area contributed by atoms with Crippen LogP contribution in [0.15, 0.2) is 18.3 Å². The molecule has 3 fully saturated rings. The molecule has 2 aromatic rings. The van der Waals surface area contributed by atoms with E-state index in [4.69, 9.17) is 0 Å². The maximum absolute atomic E-state index is 14.6. The van der Waals surface area contributed by atoms with Gasteiger partial charge in [0.15, 0.2) is 5.82 Å². The maximum Gasteiger partial charge on any atom is 0.257 e. The van der Waals surface area contributed by atoms with E-state index in [1.807, 2.05) is 16.7 Å². The Balaban J connectivity index is 1.42. The van der Waals surface area contributed by atoms with Gasteiger partial charge in [-0.2, -0.15) is 5.26 Å². The predicted molar refractivity (Wildman–Crippen MR) is 133 cm³/mol. The molecule has 0 bridgehead atoms. The highest BCUT2D eigenvalue weighted by molar-refractivity contribution is 7.94. The molecule has 1 amide bonds. The van der Waals surface area contributed by atoms with Crippen molar-refractivity contribution < 1.29 is 13.6 Å². The van der Waals surface area contributed by atoms with Crippen LogP contribution < -0.4 is 4.90 Å². The van der Waals surface area contributed by atoms with Crippen molar-refractivity contribution in [2.45, 2.75) is 32.6 Å². The number of piperidine rings is 1. The first-order chi connectivity index (χ1) is 16.9. The molecule has 7 nitrogen and oxygen atoms in total. The van der Waals surface area contributed by atoms with Gasteiger partial charge in [-0.15, -0.1) is 0 Å². The molecule has 3 aliphatic heterocycles. The van der Waals surface area contributed by atoms with Crippen LogP contribution in [-0.2, 0) is 0 Å². The van der Waals surface area contributed by atoms with Crippen LogP contribution in [0, 0.1) is 28.4 Å². The van der Waals surface area contributed by atoms with Crippen LogP contribution in [0.1, 0.15) is 43.0 Å². The van der Waals surface area contributed by atoms with Gasteiger partial charge in [0.05, 0.1) is 22.7 Å². The Kier molecular flexibility index (Phi) is 6.84. The lowest BCUT2D eigenvalue weighted by Gasteiger charge is -2.39. The molecule has 10 heteroatoms. The van der Waals surface area contributed by atoms with Gasteiger partial charge in [-0.25, -0.2) is 17.4 Å². The second-order valence-electron chi connectivity index (χ2n) is 9.90. The number of rotatable bonds is 4. The highest BCUT2D eigenvalue weighted by atomic mass is 32.2. The number of nitrogens with zero attached hydrogens (tertiary/aromatic N) is 6. The van der Waals surface area contributed by atoms with E-state index >= 15 is 0 Å². The number of halogens is 2. The topological polar surface area (TPSA) is 66.7 Å². The van der Waals surface area contributed by atoms with Gasteiger partial charge in [-0.1, -0.05) is 0 Å². The Bertz CT molecular complexity index is 1150. The minimum atomic E-state index is -0.744. The smallest absolute Gasteiger partial charge is 0.257 e. The lowest BCUT2D eigenvalue weighted by molar-refractivity contribution is 0.0702. The number of pyridine rings is 1. The summed E-state index contributed by atoms with van der Waals surface area (Å²) in [6.45, 7) is 7.88. The van der Waals surface area contributed by atoms with Crippen molar-refractivity contribution in [3.05, 3.63) is 35.5 Å². The summed E-state index contributed by atoms with van der Waals surface area (Å²) >= 11 is 1.77. The molecule has 0 aliphatic carbocycles. The van der Waals surface area contributed by atoms with Gasteiger partial charge in [-0.05, 0) is 38.7 Å². The van der Waals surface area contributed by atoms with Gasteiger partial charge in [0.1, 0.15) is 11.3 Å². The first-order valence-electron chi connectivity index (χ1n) is 12.3. The van der Waals surface area contributed by atoms with Crippen molar-refractivity contribution in [2.75, 3.05) is 57.3 Å². The van der Waals surface area contributed by atoms with E-state index in [9.17, 15) is 18.8 Å². The molecule has 3 saturated heterocycles. The van der Waals surface area contributed by atoms with E-state index in [0.29, 0.717) is 55.7 Å². The summed E-state index contributed by atoms with van der Waals surface area (Å²) in [4.78, 5) is 21.7. The van der Waals surface area contributed by atoms with Crippen molar-refractivity contribution in [1.82, 2.24) is 18.5 Å². The lowest BCUT2D eigenvalue weighted by Crippen LogP contribution is -2.47. The molecule has 0 saturated carbocycles. The van der Waals surface area contributed by atoms with Crippen molar-refractivity contribution in [2.24, 2.45) is 5.41 Å². The Morgan fingerprint density at radius 1 is 1.03 bits per heavy atom. The number of aromatic nitrogens is 1. The molecule has 0 N–H and O–H groups in total. The lowest BCUT2D eigenvalue weighted by atomic mass is 9.81. The summed E-state index contributed by atoms with van der Waals surface area (Å²) in [6, 6.07) is 4.47. The van der Waals surface area contributed by atoms with Crippen LogP contribution >= 0.6 is 12.1 Å². The zero-order valence-electron chi connectivity index (χ0n) is 20.0. The Morgan fingerprint density at radius 2 is 1.69 bits per heavy atom. The normalized spacial score (nSPS) is 21.4. The SMILES string of the molecule is CC1(C#N)CCN(c2c(C(=O)N3CCN(SN4CCCC4)CC3)cnc3c(F)cc(F)cc23)CC1. The van der Waals surface area contributed by atoms with E-state index in [-0.39, 0.29) is 11.4 Å². The summed E-state index contributed by atoms with van der Waals surface area (Å²) in [5.74, 6) is -1.61. The van der Waals surface area contributed by atoms with Crippen molar-refractivity contribution in [1.29, 1.82) is 5.26 Å². The Hall–Kier alpha value is -2.48. The maximum atomic E-state index is 14.6. The molecular weight excluding hydrogens is 470 g/mol. The third-order valence-corrected chi connectivity index (χ3v) is 8.56. The van der Waals surface area contributed by atoms with Crippen LogP contribution in [0.2, 0.25) is 0 Å². The Labute approximate surface area is 208 Å². The molecule has 186 valence electrons. The van der Waals surface area contributed by atoms with Crippen LogP contribution in [0.3, 0.4) is 0 Å². The van der Waals surface area contributed by atoms with E-state index < -0.39 is 17.0 Å². The summed E-state index contributed by atoms with van der Waals surface area (Å²) < 4.78 is 33.6. The number of anilines is 1. The molecule has 0 unspecified atom stereocenters. The highest BCUT2D eigenvalue weighted by Crippen LogP contribution is 2.38. The zero-order valence-corrected chi connectivity index (χ0v) is 20.8. The van der Waals surface area contributed by atoms with Crippen molar-refractivity contribution >= 4 is 34.6 Å². The fraction of sp³-hybridized carbons (Fsp3) is 0.560. The highest BCUT2D eigenvalue weighted by Gasteiger charge is 2.34. The van der Waals surface area contributed by atoms with Gasteiger partial charge >= 0.3 is 0 Å². The summed E-state index contributed by atoms with van der Waals surface area (Å²) in [5, 5.41) is 9.83. The minimum absolute atomic E-state index is 0.0541. The first-order valence-corrected chi connectivity index (χ1v) is 13.0. The van der Waals surface area contributed by atoms with Gasteiger partial charge in [0.2, 0.25) is 0 Å². The van der Waals surface area contributed by atoms with Gasteiger partial charge in [0.25, 0.3) is 5.91 Å². The van der Waals surface area contributed by atoms with Gasteiger partial charge < -0.3 is 9.80 Å². The number of carbonyl (C=O) groups is 1. The third kappa shape index (κ3) is 4.95. The minimum Gasteiger partial charge on any atom is -0.370 e. The fourth-order valence-electron chi connectivity index (χ4n) is 5.12. The number of hydrogen-bond acceptors (Lipinski definition) is 7. The number of hydrogen-bond donors (Lipinski definition) is 0. The standard InChI is InChI=1S/C25H30F2N6OS/c1-25(17-28)4-8-30(9-5-25)23-19-14-18(26)15-21(27)22(19)29-16-20(23)24(34)31-10-12-33(13-11-31)35-32-6-2-3-7-32/h14-16H,2-13H2,1H3. The van der Waals surface area contributed by atoms with E-state index in [1.165, 1.54) is 25.1 Å². The van der Waals surface area contributed by atoms with Gasteiger partial charge in [0, 0.05) is 82.1 Å². The van der Waals surface area contributed by atoms with E-state index in [1.54, 1.807) is 12.1 Å². The molecule has 0 radical (unpaired) electrons. The molecule has 1 aromatic heterocycles. The number of benzene rings is 1. The number of fused-ring (bicyclic) bond motifs is 1. The summed E-state index contributed by atoms with van der Waals surface area (Å²) in [6.07, 6.45) is 5.13. The monoisotopic (exact) mass is 500 g/mol. The summed E-state index contributed by atoms with van der Waals surface area (Å²) in [5.41, 5.74) is 0.498. The van der Waals surface area contributed by atoms with Crippen molar-refractivity contribution in [3.8, 4) is 6.07 Å². The second-order valence-corrected chi connectivity index (χ2v) is 11.1. The number of piperazine rings is 1. The third-order valence-electron chi connectivity index (χ3n) is 7.37. The van der Waals surface area contributed by atoms with Crippen LogP contribution in [0.25, 0.3) is 10.9 Å². The number of amides is 1. The molecule has 4 heterocycles. The predicted octanol–water partition coefficient (Wildman–Crippen LogP) is 4.06. The molecule has 0 atom stereocenters. The van der Waals surface area contributed by atoms with E-state index in [0.717, 1.165) is 32.2 Å². The molecule has 35 heavy (non-hydrogen) atoms. The van der Waals surface area contributed by atoms with Crippen molar-refractivity contribution in [3.63, 3.8) is 0 Å².